The van der Waals surface area contributed by atoms with Gasteiger partial charge in [0.25, 0.3) is 5.91 Å². The zero-order chi connectivity index (χ0) is 24.6. The number of anilines is 1. The van der Waals surface area contributed by atoms with Crippen LogP contribution < -0.4 is 10.6 Å². The lowest BCUT2D eigenvalue weighted by atomic mass is 9.78. The van der Waals surface area contributed by atoms with Crippen LogP contribution in [0.15, 0.2) is 30.5 Å². The van der Waals surface area contributed by atoms with Gasteiger partial charge in [-0.1, -0.05) is 0 Å². The predicted molar refractivity (Wildman–Crippen MR) is 116 cm³/mol. The molecule has 180 valence electrons. The first-order valence-corrected chi connectivity index (χ1v) is 11.0. The van der Waals surface area contributed by atoms with Crippen LogP contribution in [0.25, 0.3) is 0 Å². The van der Waals surface area contributed by atoms with E-state index in [1.165, 1.54) is 23.0 Å². The molecule has 0 bridgehead atoms. The number of carbonyl (C=O) groups is 2. The van der Waals surface area contributed by atoms with Gasteiger partial charge in [-0.05, 0) is 48.9 Å². The number of halogens is 3. The number of hydrogen-bond donors (Lipinski definition) is 1. The summed E-state index contributed by atoms with van der Waals surface area (Å²) in [5, 5.41) is 13.0. The van der Waals surface area contributed by atoms with Crippen molar-refractivity contribution in [1.82, 2.24) is 14.7 Å². The van der Waals surface area contributed by atoms with Crippen LogP contribution in [0.5, 0.6) is 0 Å². The number of nitrogens with zero attached hydrogens (tertiary/aromatic N) is 5. The molecule has 2 fully saturated rings. The first-order chi connectivity index (χ1) is 16.1. The van der Waals surface area contributed by atoms with Crippen LogP contribution >= 0.6 is 0 Å². The lowest BCUT2D eigenvalue weighted by Crippen LogP contribution is -2.40. The van der Waals surface area contributed by atoms with Gasteiger partial charge >= 0.3 is 6.18 Å². The molecule has 2 N–H and O–H groups in total. The second-order valence-corrected chi connectivity index (χ2v) is 8.89. The molecule has 2 atom stereocenters. The lowest BCUT2D eigenvalue weighted by molar-refractivity contribution is -0.137. The summed E-state index contributed by atoms with van der Waals surface area (Å²) >= 11 is 0. The molecule has 0 saturated carbocycles. The monoisotopic (exact) mass is 474 g/mol. The Labute approximate surface area is 194 Å². The number of amides is 2. The maximum atomic E-state index is 13.3. The standard InChI is InChI=1S/C23H25F3N6O2/c1-30-20(4-7-29-30)22(34)32-12-17(18(13-32)21(28)33)14-5-8-31(9-6-14)16-3-2-15(11-27)19(10-16)23(24,25)26/h2-4,7,10,14,17-18H,5-6,8-9,12-13H2,1H3,(H2,28,33)/t17-,18+/m0/s1. The van der Waals surface area contributed by atoms with E-state index in [-0.39, 0.29) is 24.3 Å². The molecule has 1 aromatic carbocycles. The van der Waals surface area contributed by atoms with Crippen molar-refractivity contribution in [2.24, 2.45) is 30.5 Å². The van der Waals surface area contributed by atoms with Gasteiger partial charge < -0.3 is 15.5 Å². The zero-order valence-corrected chi connectivity index (χ0v) is 18.6. The topological polar surface area (TPSA) is 108 Å². The summed E-state index contributed by atoms with van der Waals surface area (Å²) in [5.41, 5.74) is 5.17. The van der Waals surface area contributed by atoms with Gasteiger partial charge in [0, 0.05) is 45.1 Å². The molecule has 2 saturated heterocycles. The third-order valence-corrected chi connectivity index (χ3v) is 7.00. The van der Waals surface area contributed by atoms with E-state index in [9.17, 15) is 22.8 Å². The van der Waals surface area contributed by atoms with Gasteiger partial charge in [-0.15, -0.1) is 0 Å². The van der Waals surface area contributed by atoms with E-state index in [1.54, 1.807) is 24.1 Å². The number of nitrogens with two attached hydrogens (primary N) is 1. The van der Waals surface area contributed by atoms with Crippen LogP contribution in [0.4, 0.5) is 18.9 Å². The average molecular weight is 474 g/mol. The molecular formula is C23H25F3N6O2. The molecule has 2 amide bonds. The highest BCUT2D eigenvalue weighted by Gasteiger charge is 2.44. The van der Waals surface area contributed by atoms with Gasteiger partial charge in [0.05, 0.1) is 23.1 Å². The number of aryl methyl sites for hydroxylation is 1. The molecule has 8 nitrogen and oxygen atoms in total. The molecule has 11 heteroatoms. The van der Waals surface area contributed by atoms with Crippen LogP contribution in [-0.2, 0) is 18.0 Å². The van der Waals surface area contributed by atoms with Crippen molar-refractivity contribution in [1.29, 1.82) is 5.26 Å². The molecule has 3 heterocycles. The number of rotatable bonds is 4. The summed E-state index contributed by atoms with van der Waals surface area (Å²) in [6.45, 7) is 1.66. The zero-order valence-electron chi connectivity index (χ0n) is 18.6. The molecular weight excluding hydrogens is 449 g/mol. The summed E-state index contributed by atoms with van der Waals surface area (Å²) in [7, 11) is 1.68. The molecule has 2 aliphatic rings. The van der Waals surface area contributed by atoms with Crippen molar-refractivity contribution < 1.29 is 22.8 Å². The molecule has 2 aliphatic heterocycles. The number of alkyl halides is 3. The van der Waals surface area contributed by atoms with Crippen LogP contribution in [0.1, 0.15) is 34.5 Å². The van der Waals surface area contributed by atoms with Crippen LogP contribution in [-0.4, -0.2) is 52.7 Å². The smallest absolute Gasteiger partial charge is 0.372 e. The van der Waals surface area contributed by atoms with Crippen molar-refractivity contribution in [3.8, 4) is 6.07 Å². The number of likely N-dealkylation sites (tertiary alicyclic amines) is 1. The number of piperidine rings is 1. The molecule has 0 radical (unpaired) electrons. The SMILES string of the molecule is Cn1nccc1C(=O)N1C[C@@H](C(N)=O)[C@H](C2CCN(c3ccc(C#N)c(C(F)(F)F)c3)CC2)C1. The number of aromatic nitrogens is 2. The van der Waals surface area contributed by atoms with Gasteiger partial charge in [-0.2, -0.15) is 23.5 Å². The molecule has 1 aromatic heterocycles. The highest BCUT2D eigenvalue weighted by atomic mass is 19.4. The van der Waals surface area contributed by atoms with Gasteiger partial charge in [0.1, 0.15) is 5.69 Å². The summed E-state index contributed by atoms with van der Waals surface area (Å²) in [5.74, 6) is -1.12. The fourth-order valence-electron chi connectivity index (χ4n) is 5.17. The van der Waals surface area contributed by atoms with Gasteiger partial charge in [-0.25, -0.2) is 0 Å². The number of primary amides is 1. The Bertz CT molecular complexity index is 1130. The van der Waals surface area contributed by atoms with E-state index in [1.807, 2.05) is 4.90 Å². The third-order valence-electron chi connectivity index (χ3n) is 7.00. The highest BCUT2D eigenvalue weighted by Crippen LogP contribution is 2.39. The van der Waals surface area contributed by atoms with Crippen molar-refractivity contribution >= 4 is 17.5 Å². The van der Waals surface area contributed by atoms with Crippen LogP contribution in [0.2, 0.25) is 0 Å². The minimum absolute atomic E-state index is 0.108. The molecule has 34 heavy (non-hydrogen) atoms. The summed E-state index contributed by atoms with van der Waals surface area (Å²) in [6, 6.07) is 6.98. The third kappa shape index (κ3) is 4.44. The van der Waals surface area contributed by atoms with E-state index in [0.717, 1.165) is 6.07 Å². The summed E-state index contributed by atoms with van der Waals surface area (Å²) in [6.07, 6.45) is -1.76. The van der Waals surface area contributed by atoms with Gasteiger partial charge in [0.2, 0.25) is 5.91 Å². The second-order valence-electron chi connectivity index (χ2n) is 8.89. The molecule has 0 spiro atoms. The summed E-state index contributed by atoms with van der Waals surface area (Å²) < 4.78 is 41.5. The van der Waals surface area contributed by atoms with Crippen molar-refractivity contribution in [3.63, 3.8) is 0 Å². The Hall–Kier alpha value is -3.55. The quantitative estimate of drug-likeness (QED) is 0.732. The fourth-order valence-corrected chi connectivity index (χ4v) is 5.17. The predicted octanol–water partition coefficient (Wildman–Crippen LogP) is 2.40. The van der Waals surface area contributed by atoms with E-state index in [0.29, 0.717) is 43.9 Å². The Kier molecular flexibility index (Phi) is 6.25. The number of hydrogen-bond acceptors (Lipinski definition) is 5. The number of carbonyl (C=O) groups excluding carboxylic acids is 2. The molecule has 4 rings (SSSR count). The van der Waals surface area contributed by atoms with Crippen LogP contribution in [0.3, 0.4) is 0 Å². The van der Waals surface area contributed by atoms with E-state index in [4.69, 9.17) is 11.0 Å². The van der Waals surface area contributed by atoms with E-state index >= 15 is 0 Å². The van der Waals surface area contributed by atoms with Gasteiger partial charge in [-0.3, -0.25) is 14.3 Å². The second kappa shape index (κ2) is 9.00. The van der Waals surface area contributed by atoms with Crippen molar-refractivity contribution in [3.05, 3.63) is 47.3 Å². The number of nitriles is 1. The van der Waals surface area contributed by atoms with Crippen molar-refractivity contribution in [2.75, 3.05) is 31.1 Å². The minimum atomic E-state index is -4.61. The summed E-state index contributed by atoms with van der Waals surface area (Å²) in [4.78, 5) is 28.6. The van der Waals surface area contributed by atoms with Crippen molar-refractivity contribution in [2.45, 2.75) is 19.0 Å². The molecule has 0 aliphatic carbocycles. The lowest BCUT2D eigenvalue weighted by Gasteiger charge is -2.37. The highest BCUT2D eigenvalue weighted by molar-refractivity contribution is 5.93. The Morgan fingerprint density at radius 3 is 2.44 bits per heavy atom. The Morgan fingerprint density at radius 2 is 1.88 bits per heavy atom. The first kappa shape index (κ1) is 23.6. The minimum Gasteiger partial charge on any atom is -0.372 e. The van der Waals surface area contributed by atoms with E-state index < -0.39 is 29.1 Å². The maximum Gasteiger partial charge on any atom is 0.417 e. The fraction of sp³-hybridized carbons (Fsp3) is 0.478. The Morgan fingerprint density at radius 1 is 1.18 bits per heavy atom. The number of benzene rings is 1. The molecule has 2 aromatic rings. The van der Waals surface area contributed by atoms with E-state index in [2.05, 4.69) is 5.10 Å². The average Bonchev–Trinajstić information content (AvgIpc) is 3.44. The maximum absolute atomic E-state index is 13.3. The first-order valence-electron chi connectivity index (χ1n) is 11.0. The molecule has 0 unspecified atom stereocenters. The van der Waals surface area contributed by atoms with Gasteiger partial charge in [0.15, 0.2) is 0 Å². The Balaban J connectivity index is 1.46. The van der Waals surface area contributed by atoms with Crippen LogP contribution in [0, 0.1) is 29.1 Å². The largest absolute Gasteiger partial charge is 0.417 e. The normalized spacial score (nSPS) is 21.5.